The molecule has 3 aliphatic heterocycles. The third-order valence-electron chi connectivity index (χ3n) is 4.42. The van der Waals surface area contributed by atoms with Crippen molar-refractivity contribution >= 4 is 5.97 Å². The molecule has 13 heavy (non-hydrogen) atoms. The van der Waals surface area contributed by atoms with Crippen LogP contribution < -0.4 is 0 Å². The summed E-state index contributed by atoms with van der Waals surface area (Å²) in [5.74, 6) is 0.251. The first-order valence-corrected chi connectivity index (χ1v) is 4.93. The van der Waals surface area contributed by atoms with Crippen LogP contribution in [0.25, 0.3) is 0 Å². The quantitative estimate of drug-likeness (QED) is 0.526. The summed E-state index contributed by atoms with van der Waals surface area (Å²) < 4.78 is 11.0. The highest BCUT2D eigenvalue weighted by molar-refractivity contribution is 5.81. The highest BCUT2D eigenvalue weighted by atomic mass is 16.6. The second-order valence-corrected chi connectivity index (χ2v) is 4.83. The molecule has 2 bridgehead atoms. The van der Waals surface area contributed by atoms with E-state index in [9.17, 15) is 4.79 Å². The normalized spacial score (nSPS) is 58.2. The van der Waals surface area contributed by atoms with E-state index in [2.05, 4.69) is 6.92 Å². The Balaban J connectivity index is 2.13. The van der Waals surface area contributed by atoms with E-state index in [1.54, 1.807) is 0 Å². The molecular formula is C10H14O3. The minimum Gasteiger partial charge on any atom is -0.465 e. The summed E-state index contributed by atoms with van der Waals surface area (Å²) in [6, 6.07) is 0. The van der Waals surface area contributed by atoms with Crippen molar-refractivity contribution in [1.82, 2.24) is 0 Å². The zero-order valence-electron chi connectivity index (χ0n) is 8.00. The van der Waals surface area contributed by atoms with Gasteiger partial charge in [-0.05, 0) is 26.7 Å². The summed E-state index contributed by atoms with van der Waals surface area (Å²) in [6.07, 6.45) is 2.36. The predicted octanol–water partition coefficient (Wildman–Crippen LogP) is 1.12. The number of carbonyl (C=O) groups excluding carboxylic acids is 1. The summed E-state index contributed by atoms with van der Waals surface area (Å²) >= 11 is 0. The van der Waals surface area contributed by atoms with Gasteiger partial charge in [-0.15, -0.1) is 0 Å². The minimum absolute atomic E-state index is 0.0535. The topological polar surface area (TPSA) is 35.5 Å². The summed E-state index contributed by atoms with van der Waals surface area (Å²) in [5, 5.41) is 0. The Bertz CT molecular complexity index is 288. The fourth-order valence-electron chi connectivity index (χ4n) is 3.26. The first-order chi connectivity index (χ1) is 6.08. The molecule has 0 saturated carbocycles. The van der Waals surface area contributed by atoms with Crippen LogP contribution in [0.2, 0.25) is 0 Å². The largest absolute Gasteiger partial charge is 0.465 e. The molecule has 0 aromatic heterocycles. The Morgan fingerprint density at radius 2 is 2.23 bits per heavy atom. The average molecular weight is 182 g/mol. The number of hydrogen-bond donors (Lipinski definition) is 0. The molecule has 3 aliphatic rings. The number of ether oxygens (including phenoxy) is 2. The van der Waals surface area contributed by atoms with Crippen LogP contribution in [0.15, 0.2) is 0 Å². The lowest BCUT2D eigenvalue weighted by Gasteiger charge is -2.35. The Hall–Kier alpha value is -0.570. The summed E-state index contributed by atoms with van der Waals surface area (Å²) in [6.45, 7) is 4.63. The van der Waals surface area contributed by atoms with Crippen molar-refractivity contribution in [2.45, 2.75) is 38.4 Å². The Morgan fingerprint density at radius 1 is 1.46 bits per heavy atom. The van der Waals surface area contributed by atoms with E-state index in [1.807, 2.05) is 6.92 Å². The number of cyclic esters (lactones) is 1. The SMILES string of the molecule is C[C@@]12CC[C@H](O1)[C@@H]1COC(=O)[C@]12C. The molecule has 72 valence electrons. The zero-order chi connectivity index (χ0) is 9.27. The Labute approximate surface area is 77.4 Å². The molecule has 3 heterocycles. The zero-order valence-corrected chi connectivity index (χ0v) is 8.00. The second kappa shape index (κ2) is 1.92. The van der Waals surface area contributed by atoms with Crippen molar-refractivity contribution in [2.75, 3.05) is 6.61 Å². The predicted molar refractivity (Wildman–Crippen MR) is 45.1 cm³/mol. The van der Waals surface area contributed by atoms with E-state index in [-0.39, 0.29) is 23.1 Å². The van der Waals surface area contributed by atoms with Crippen LogP contribution in [0.4, 0.5) is 0 Å². The highest BCUT2D eigenvalue weighted by Gasteiger charge is 2.71. The molecule has 0 aliphatic carbocycles. The first-order valence-electron chi connectivity index (χ1n) is 4.93. The van der Waals surface area contributed by atoms with Gasteiger partial charge in [-0.25, -0.2) is 0 Å². The van der Waals surface area contributed by atoms with Gasteiger partial charge in [-0.3, -0.25) is 4.79 Å². The molecule has 3 heteroatoms. The lowest BCUT2D eigenvalue weighted by molar-refractivity contribution is -0.155. The molecule has 3 nitrogen and oxygen atoms in total. The molecule has 0 spiro atoms. The van der Waals surface area contributed by atoms with Crippen LogP contribution in [-0.2, 0) is 14.3 Å². The monoisotopic (exact) mass is 182 g/mol. The van der Waals surface area contributed by atoms with Crippen molar-refractivity contribution in [3.05, 3.63) is 0 Å². The van der Waals surface area contributed by atoms with Gasteiger partial charge >= 0.3 is 5.97 Å². The third-order valence-corrected chi connectivity index (χ3v) is 4.42. The molecule has 0 unspecified atom stereocenters. The third kappa shape index (κ3) is 0.622. The Morgan fingerprint density at radius 3 is 2.92 bits per heavy atom. The summed E-state index contributed by atoms with van der Waals surface area (Å²) in [5.41, 5.74) is -0.619. The molecule has 0 N–H and O–H groups in total. The molecule has 3 saturated heterocycles. The smallest absolute Gasteiger partial charge is 0.315 e. The van der Waals surface area contributed by atoms with Gasteiger partial charge in [-0.2, -0.15) is 0 Å². The van der Waals surface area contributed by atoms with Crippen LogP contribution in [-0.4, -0.2) is 24.3 Å². The number of hydrogen-bond acceptors (Lipinski definition) is 3. The minimum atomic E-state index is -0.365. The lowest BCUT2D eigenvalue weighted by Crippen LogP contribution is -2.47. The maximum Gasteiger partial charge on any atom is 0.315 e. The van der Waals surface area contributed by atoms with Crippen LogP contribution in [0.5, 0.6) is 0 Å². The second-order valence-electron chi connectivity index (χ2n) is 4.83. The maximum atomic E-state index is 11.7. The Kier molecular flexibility index (Phi) is 1.15. The molecule has 3 rings (SSSR count). The molecule has 0 amide bonds. The molecule has 0 aromatic carbocycles. The molecule has 3 fully saturated rings. The number of rotatable bonds is 0. The van der Waals surface area contributed by atoms with Crippen LogP contribution in [0.3, 0.4) is 0 Å². The van der Waals surface area contributed by atoms with Crippen molar-refractivity contribution in [2.24, 2.45) is 11.3 Å². The van der Waals surface area contributed by atoms with Crippen LogP contribution >= 0.6 is 0 Å². The van der Waals surface area contributed by atoms with Crippen molar-refractivity contribution < 1.29 is 14.3 Å². The highest BCUT2D eigenvalue weighted by Crippen LogP contribution is 2.61. The lowest BCUT2D eigenvalue weighted by atomic mass is 9.63. The standard InChI is InChI=1S/C10H14O3/c1-9-4-3-7(13-9)6-5-12-8(11)10(6,9)2/h6-7H,3-5H2,1-2H3/t6-,7-,9-,10-/m0/s1. The maximum absolute atomic E-state index is 11.7. The van der Waals surface area contributed by atoms with Gasteiger partial charge in [0.2, 0.25) is 0 Å². The van der Waals surface area contributed by atoms with Gasteiger partial charge in [0.15, 0.2) is 0 Å². The van der Waals surface area contributed by atoms with E-state index >= 15 is 0 Å². The fraction of sp³-hybridized carbons (Fsp3) is 0.900. The van der Waals surface area contributed by atoms with Crippen LogP contribution in [0.1, 0.15) is 26.7 Å². The van der Waals surface area contributed by atoms with Crippen molar-refractivity contribution in [1.29, 1.82) is 0 Å². The number of carbonyl (C=O) groups is 1. The molecule has 4 atom stereocenters. The van der Waals surface area contributed by atoms with E-state index in [0.29, 0.717) is 12.5 Å². The average Bonchev–Trinajstić information content (AvgIpc) is 2.64. The van der Waals surface area contributed by atoms with Crippen molar-refractivity contribution in [3.8, 4) is 0 Å². The summed E-state index contributed by atoms with van der Waals surface area (Å²) in [4.78, 5) is 11.7. The van der Waals surface area contributed by atoms with Gasteiger partial charge in [0.05, 0.1) is 18.3 Å². The van der Waals surface area contributed by atoms with Gasteiger partial charge in [0.1, 0.15) is 5.41 Å². The fourth-order valence-corrected chi connectivity index (χ4v) is 3.26. The number of fused-ring (bicyclic) bond motifs is 5. The molecule has 0 aromatic rings. The molecular weight excluding hydrogens is 168 g/mol. The van der Waals surface area contributed by atoms with E-state index in [0.717, 1.165) is 12.8 Å². The van der Waals surface area contributed by atoms with Gasteiger partial charge in [0.25, 0.3) is 0 Å². The van der Waals surface area contributed by atoms with Gasteiger partial charge in [-0.1, -0.05) is 0 Å². The van der Waals surface area contributed by atoms with Gasteiger partial charge in [0, 0.05) is 5.92 Å². The summed E-state index contributed by atoms with van der Waals surface area (Å²) in [7, 11) is 0. The van der Waals surface area contributed by atoms with E-state index in [1.165, 1.54) is 0 Å². The van der Waals surface area contributed by atoms with E-state index in [4.69, 9.17) is 9.47 Å². The van der Waals surface area contributed by atoms with Crippen LogP contribution in [0, 0.1) is 11.3 Å². The molecule has 0 radical (unpaired) electrons. The van der Waals surface area contributed by atoms with Gasteiger partial charge < -0.3 is 9.47 Å². The number of esters is 1. The first kappa shape index (κ1) is 7.80. The van der Waals surface area contributed by atoms with Crippen molar-refractivity contribution in [3.63, 3.8) is 0 Å². The van der Waals surface area contributed by atoms with E-state index < -0.39 is 0 Å².